The highest BCUT2D eigenvalue weighted by Gasteiger charge is 2.36. The van der Waals surface area contributed by atoms with E-state index in [1.54, 1.807) is 24.3 Å². The second kappa shape index (κ2) is 6.49. The Morgan fingerprint density at radius 3 is 2.52 bits per heavy atom. The number of aromatic amines is 1. The zero-order chi connectivity index (χ0) is 16.4. The molecule has 1 aliphatic heterocycles. The van der Waals surface area contributed by atoms with Gasteiger partial charge in [-0.2, -0.15) is 5.10 Å². The molecule has 4 N–H and O–H groups in total. The third kappa shape index (κ3) is 3.67. The smallest absolute Gasteiger partial charge is 0.245 e. The van der Waals surface area contributed by atoms with Crippen molar-refractivity contribution in [2.75, 3.05) is 18.5 Å². The Morgan fingerprint density at radius 1 is 1.22 bits per heavy atom. The van der Waals surface area contributed by atoms with Gasteiger partial charge >= 0.3 is 0 Å². The minimum absolute atomic E-state index is 0.261. The van der Waals surface area contributed by atoms with Gasteiger partial charge in [-0.25, -0.2) is 0 Å². The SMILES string of the molecule is NC1(C(=O)Nc2cc(-c3cc(Cl)cc(Cl)c3)[nH]n2)CCOCC1. The summed E-state index contributed by atoms with van der Waals surface area (Å²) >= 11 is 12.0. The lowest BCUT2D eigenvalue weighted by Gasteiger charge is -2.31. The van der Waals surface area contributed by atoms with E-state index >= 15 is 0 Å². The third-order valence-electron chi connectivity index (χ3n) is 3.83. The summed E-state index contributed by atoms with van der Waals surface area (Å²) < 4.78 is 5.24. The van der Waals surface area contributed by atoms with Crippen LogP contribution in [-0.2, 0) is 9.53 Å². The van der Waals surface area contributed by atoms with E-state index in [-0.39, 0.29) is 5.91 Å². The first kappa shape index (κ1) is 16.3. The highest BCUT2D eigenvalue weighted by Crippen LogP contribution is 2.27. The molecule has 0 saturated carbocycles. The van der Waals surface area contributed by atoms with Gasteiger partial charge in [0.2, 0.25) is 5.91 Å². The van der Waals surface area contributed by atoms with Gasteiger partial charge in [0.15, 0.2) is 5.82 Å². The lowest BCUT2D eigenvalue weighted by atomic mass is 9.90. The normalized spacial score (nSPS) is 17.0. The molecule has 3 rings (SSSR count). The average Bonchev–Trinajstić information content (AvgIpc) is 2.95. The first-order valence-electron chi connectivity index (χ1n) is 7.16. The fourth-order valence-electron chi connectivity index (χ4n) is 2.45. The molecule has 23 heavy (non-hydrogen) atoms. The van der Waals surface area contributed by atoms with Crippen LogP contribution in [0.25, 0.3) is 11.3 Å². The van der Waals surface area contributed by atoms with E-state index in [4.69, 9.17) is 33.7 Å². The van der Waals surface area contributed by atoms with E-state index in [0.717, 1.165) is 5.56 Å². The molecule has 2 heterocycles. The number of nitrogens with two attached hydrogens (primary N) is 1. The maximum atomic E-state index is 12.4. The number of H-pyrrole nitrogens is 1. The van der Waals surface area contributed by atoms with Crippen LogP contribution in [0.5, 0.6) is 0 Å². The van der Waals surface area contributed by atoms with Crippen molar-refractivity contribution < 1.29 is 9.53 Å². The first-order valence-corrected chi connectivity index (χ1v) is 7.92. The summed E-state index contributed by atoms with van der Waals surface area (Å²) in [5.41, 5.74) is 6.70. The lowest BCUT2D eigenvalue weighted by molar-refractivity contribution is -0.124. The number of aromatic nitrogens is 2. The Morgan fingerprint density at radius 2 is 1.87 bits per heavy atom. The van der Waals surface area contributed by atoms with Gasteiger partial charge in [0.25, 0.3) is 0 Å². The number of ether oxygens (including phenoxy) is 1. The molecule has 122 valence electrons. The number of benzene rings is 1. The van der Waals surface area contributed by atoms with Crippen LogP contribution in [0.4, 0.5) is 5.82 Å². The third-order valence-corrected chi connectivity index (χ3v) is 4.27. The Labute approximate surface area is 143 Å². The molecule has 0 atom stereocenters. The number of carbonyl (C=O) groups is 1. The van der Waals surface area contributed by atoms with E-state index in [1.807, 2.05) is 0 Å². The monoisotopic (exact) mass is 354 g/mol. The van der Waals surface area contributed by atoms with Gasteiger partial charge in [0.1, 0.15) is 5.54 Å². The molecule has 1 aliphatic rings. The molecule has 1 saturated heterocycles. The van der Waals surface area contributed by atoms with Crippen molar-refractivity contribution in [1.29, 1.82) is 0 Å². The number of nitrogens with zero attached hydrogens (tertiary/aromatic N) is 1. The van der Waals surface area contributed by atoms with Crippen LogP contribution in [0.1, 0.15) is 12.8 Å². The topological polar surface area (TPSA) is 93.0 Å². The molecule has 1 fully saturated rings. The number of nitrogens with one attached hydrogen (secondary N) is 2. The van der Waals surface area contributed by atoms with E-state index in [9.17, 15) is 4.79 Å². The van der Waals surface area contributed by atoms with Crippen molar-refractivity contribution in [3.63, 3.8) is 0 Å². The fraction of sp³-hybridized carbons (Fsp3) is 0.333. The fourth-order valence-corrected chi connectivity index (χ4v) is 2.97. The largest absolute Gasteiger partial charge is 0.381 e. The Kier molecular flexibility index (Phi) is 4.59. The molecule has 1 aromatic carbocycles. The number of carbonyl (C=O) groups excluding carboxylic acids is 1. The molecule has 1 aromatic heterocycles. The highest BCUT2D eigenvalue weighted by atomic mass is 35.5. The van der Waals surface area contributed by atoms with E-state index in [1.165, 1.54) is 0 Å². The maximum Gasteiger partial charge on any atom is 0.245 e. The maximum absolute atomic E-state index is 12.4. The molecular weight excluding hydrogens is 339 g/mol. The van der Waals surface area contributed by atoms with Crippen LogP contribution in [0.15, 0.2) is 24.3 Å². The van der Waals surface area contributed by atoms with Gasteiger partial charge in [0.05, 0.1) is 5.69 Å². The van der Waals surface area contributed by atoms with Gasteiger partial charge < -0.3 is 15.8 Å². The van der Waals surface area contributed by atoms with Crippen molar-refractivity contribution >= 4 is 34.9 Å². The zero-order valence-corrected chi connectivity index (χ0v) is 13.7. The molecule has 2 aromatic rings. The molecular formula is C15H16Cl2N4O2. The number of anilines is 1. The summed E-state index contributed by atoms with van der Waals surface area (Å²) in [6.45, 7) is 0.966. The predicted octanol–water partition coefficient (Wildman–Crippen LogP) is 2.83. The van der Waals surface area contributed by atoms with Crippen molar-refractivity contribution in [1.82, 2.24) is 10.2 Å². The lowest BCUT2D eigenvalue weighted by Crippen LogP contribution is -2.54. The van der Waals surface area contributed by atoms with Crippen LogP contribution < -0.4 is 11.1 Å². The molecule has 0 unspecified atom stereocenters. The molecule has 6 nitrogen and oxygen atoms in total. The molecule has 8 heteroatoms. The van der Waals surface area contributed by atoms with Gasteiger partial charge in [-0.05, 0) is 31.0 Å². The van der Waals surface area contributed by atoms with E-state index in [0.29, 0.717) is 47.6 Å². The van der Waals surface area contributed by atoms with Gasteiger partial charge in [0, 0.05) is 34.9 Å². The average molecular weight is 355 g/mol. The van der Waals surface area contributed by atoms with Crippen molar-refractivity contribution in [3.8, 4) is 11.3 Å². The number of hydrogen-bond donors (Lipinski definition) is 3. The first-order chi connectivity index (χ1) is 11.0. The molecule has 0 spiro atoms. The van der Waals surface area contributed by atoms with Gasteiger partial charge in [-0.3, -0.25) is 9.89 Å². The zero-order valence-electron chi connectivity index (χ0n) is 12.2. The Hall–Kier alpha value is -1.60. The van der Waals surface area contributed by atoms with Crippen molar-refractivity contribution in [3.05, 3.63) is 34.3 Å². The van der Waals surface area contributed by atoms with Crippen molar-refractivity contribution in [2.45, 2.75) is 18.4 Å². The quantitative estimate of drug-likeness (QED) is 0.789. The summed E-state index contributed by atoms with van der Waals surface area (Å²) in [7, 11) is 0. The van der Waals surface area contributed by atoms with Crippen LogP contribution in [-0.4, -0.2) is 34.9 Å². The van der Waals surface area contributed by atoms with Crippen LogP contribution in [0.3, 0.4) is 0 Å². The molecule has 0 bridgehead atoms. The van der Waals surface area contributed by atoms with Gasteiger partial charge in [-0.1, -0.05) is 23.2 Å². The van der Waals surface area contributed by atoms with Crippen LogP contribution in [0, 0.1) is 0 Å². The number of hydrogen-bond acceptors (Lipinski definition) is 4. The minimum Gasteiger partial charge on any atom is -0.381 e. The number of rotatable bonds is 3. The van der Waals surface area contributed by atoms with Crippen LogP contribution >= 0.6 is 23.2 Å². The highest BCUT2D eigenvalue weighted by molar-refractivity contribution is 6.35. The Bertz CT molecular complexity index is 706. The summed E-state index contributed by atoms with van der Waals surface area (Å²) in [5.74, 6) is 0.139. The van der Waals surface area contributed by atoms with Crippen molar-refractivity contribution in [2.24, 2.45) is 5.73 Å². The Balaban J connectivity index is 1.75. The summed E-state index contributed by atoms with van der Waals surface area (Å²) in [6.07, 6.45) is 0.972. The van der Waals surface area contributed by atoms with E-state index < -0.39 is 5.54 Å². The molecule has 1 amide bonds. The molecule has 0 radical (unpaired) electrons. The second-order valence-electron chi connectivity index (χ2n) is 5.55. The van der Waals surface area contributed by atoms with Gasteiger partial charge in [-0.15, -0.1) is 0 Å². The second-order valence-corrected chi connectivity index (χ2v) is 6.42. The predicted molar refractivity (Wildman–Crippen MR) is 89.6 cm³/mol. The number of halogens is 2. The van der Waals surface area contributed by atoms with Crippen LogP contribution in [0.2, 0.25) is 10.0 Å². The number of amides is 1. The van der Waals surface area contributed by atoms with E-state index in [2.05, 4.69) is 15.5 Å². The molecule has 0 aliphatic carbocycles. The summed E-state index contributed by atoms with van der Waals surface area (Å²) in [6, 6.07) is 6.88. The standard InChI is InChI=1S/C15H16Cl2N4O2/c16-10-5-9(6-11(17)7-10)12-8-13(21-20-12)19-14(22)15(18)1-3-23-4-2-15/h5-8H,1-4,18H2,(H2,19,20,21,22). The summed E-state index contributed by atoms with van der Waals surface area (Å²) in [5, 5.41) is 10.7. The summed E-state index contributed by atoms with van der Waals surface area (Å²) in [4.78, 5) is 12.4. The minimum atomic E-state index is -0.920.